The van der Waals surface area contributed by atoms with E-state index in [-0.39, 0.29) is 5.41 Å². The normalized spacial score (nSPS) is 13.6. The van der Waals surface area contributed by atoms with E-state index in [1.807, 2.05) is 6.07 Å². The SMILES string of the molecule is CC1(C)c2ccccc2-c2cc(-c3ccc4oc5ccc(-c6ccc7c(c6)c6ccccc6c6ccc8c9ccccc9oc8c67)cc5c4c3)ccc21. The van der Waals surface area contributed by atoms with Crippen LogP contribution in [-0.2, 0) is 5.41 Å². The van der Waals surface area contributed by atoms with Crippen LogP contribution in [0.2, 0.25) is 0 Å². The number of hydrogen-bond donors (Lipinski definition) is 0. The Morgan fingerprint density at radius 3 is 1.62 bits per heavy atom. The van der Waals surface area contributed by atoms with E-state index >= 15 is 0 Å². The smallest absolute Gasteiger partial charge is 0.143 e. The number of hydrogen-bond acceptors (Lipinski definition) is 2. The van der Waals surface area contributed by atoms with Gasteiger partial charge in [0.2, 0.25) is 0 Å². The molecule has 9 aromatic carbocycles. The van der Waals surface area contributed by atoms with Crippen LogP contribution in [0.1, 0.15) is 25.0 Å². The second kappa shape index (κ2) is 10.2. The van der Waals surface area contributed by atoms with Crippen LogP contribution in [0.5, 0.6) is 0 Å². The number of fused-ring (bicyclic) bond motifs is 16. The molecule has 0 spiro atoms. The maximum absolute atomic E-state index is 6.60. The van der Waals surface area contributed by atoms with Crippen LogP contribution >= 0.6 is 0 Å². The van der Waals surface area contributed by atoms with Crippen molar-refractivity contribution >= 4 is 76.2 Å². The summed E-state index contributed by atoms with van der Waals surface area (Å²) >= 11 is 0. The van der Waals surface area contributed by atoms with Crippen molar-refractivity contribution in [1.29, 1.82) is 0 Å². The molecule has 0 amide bonds. The molecule has 248 valence electrons. The molecule has 2 aromatic heterocycles. The van der Waals surface area contributed by atoms with Gasteiger partial charge in [0.15, 0.2) is 0 Å². The van der Waals surface area contributed by atoms with Crippen molar-refractivity contribution in [2.75, 3.05) is 0 Å². The van der Waals surface area contributed by atoms with E-state index in [9.17, 15) is 0 Å². The van der Waals surface area contributed by atoms with Gasteiger partial charge in [0.1, 0.15) is 22.3 Å². The Morgan fingerprint density at radius 1 is 0.340 bits per heavy atom. The van der Waals surface area contributed by atoms with E-state index in [2.05, 4.69) is 166 Å². The number of rotatable bonds is 2. The molecule has 2 nitrogen and oxygen atoms in total. The number of furan rings is 2. The van der Waals surface area contributed by atoms with Gasteiger partial charge in [-0.3, -0.25) is 0 Å². The van der Waals surface area contributed by atoms with Gasteiger partial charge in [-0.25, -0.2) is 0 Å². The minimum Gasteiger partial charge on any atom is -0.456 e. The predicted octanol–water partition coefficient (Wildman–Crippen LogP) is 14.6. The summed E-state index contributed by atoms with van der Waals surface area (Å²) in [6, 6.07) is 57.5. The summed E-state index contributed by atoms with van der Waals surface area (Å²) in [6.07, 6.45) is 0. The highest BCUT2D eigenvalue weighted by Gasteiger charge is 2.35. The van der Waals surface area contributed by atoms with E-state index in [1.54, 1.807) is 0 Å². The first-order chi connectivity index (χ1) is 26.0. The predicted molar refractivity (Wildman–Crippen MR) is 222 cm³/mol. The highest BCUT2D eigenvalue weighted by molar-refractivity contribution is 6.32. The average molecular weight is 677 g/mol. The minimum atomic E-state index is -0.00656. The molecule has 1 aliphatic rings. The first-order valence-electron chi connectivity index (χ1n) is 18.4. The quantitative estimate of drug-likeness (QED) is 0.170. The van der Waals surface area contributed by atoms with Crippen molar-refractivity contribution in [2.45, 2.75) is 19.3 Å². The molecule has 0 aliphatic heterocycles. The van der Waals surface area contributed by atoms with Gasteiger partial charge in [-0.15, -0.1) is 0 Å². The van der Waals surface area contributed by atoms with Crippen molar-refractivity contribution in [1.82, 2.24) is 0 Å². The van der Waals surface area contributed by atoms with E-state index in [0.29, 0.717) is 0 Å². The van der Waals surface area contributed by atoms with Gasteiger partial charge in [0.05, 0.1) is 0 Å². The molecule has 0 fully saturated rings. The Hall–Kier alpha value is -6.64. The first kappa shape index (κ1) is 29.0. The van der Waals surface area contributed by atoms with Crippen LogP contribution in [0.3, 0.4) is 0 Å². The molecule has 0 N–H and O–H groups in total. The lowest BCUT2D eigenvalue weighted by atomic mass is 9.82. The summed E-state index contributed by atoms with van der Waals surface area (Å²) in [6.45, 7) is 4.66. The molecule has 0 atom stereocenters. The van der Waals surface area contributed by atoms with Gasteiger partial charge in [0.25, 0.3) is 0 Å². The summed E-state index contributed by atoms with van der Waals surface area (Å²) in [5, 5.41) is 11.8. The molecule has 2 heteroatoms. The molecule has 0 saturated carbocycles. The lowest BCUT2D eigenvalue weighted by Gasteiger charge is -2.21. The van der Waals surface area contributed by atoms with Crippen LogP contribution in [0.4, 0.5) is 0 Å². The fourth-order valence-electron chi connectivity index (χ4n) is 9.43. The summed E-state index contributed by atoms with van der Waals surface area (Å²) < 4.78 is 13.0. The second-order valence-corrected chi connectivity index (χ2v) is 15.2. The van der Waals surface area contributed by atoms with Gasteiger partial charge in [-0.1, -0.05) is 123 Å². The van der Waals surface area contributed by atoms with Crippen molar-refractivity contribution < 1.29 is 8.83 Å². The Morgan fingerprint density at radius 2 is 0.849 bits per heavy atom. The van der Waals surface area contributed by atoms with E-state index < -0.39 is 0 Å². The molecule has 0 radical (unpaired) electrons. The maximum atomic E-state index is 6.60. The summed E-state index contributed by atoms with van der Waals surface area (Å²) in [5.41, 5.74) is 13.9. The fraction of sp³-hybridized carbons (Fsp3) is 0.0588. The largest absolute Gasteiger partial charge is 0.456 e. The van der Waals surface area contributed by atoms with Crippen molar-refractivity contribution in [3.63, 3.8) is 0 Å². The average Bonchev–Trinajstić information content (AvgIpc) is 3.84. The molecule has 0 unspecified atom stereocenters. The van der Waals surface area contributed by atoms with Gasteiger partial charge in [0, 0.05) is 32.3 Å². The van der Waals surface area contributed by atoms with Gasteiger partial charge >= 0.3 is 0 Å². The Kier molecular flexibility index (Phi) is 5.60. The molecule has 12 rings (SSSR count). The topological polar surface area (TPSA) is 26.3 Å². The first-order valence-corrected chi connectivity index (χ1v) is 18.4. The van der Waals surface area contributed by atoms with Crippen LogP contribution in [0.15, 0.2) is 167 Å². The summed E-state index contributed by atoms with van der Waals surface area (Å²) in [4.78, 5) is 0. The van der Waals surface area contributed by atoms with Crippen LogP contribution < -0.4 is 0 Å². The molecule has 0 saturated heterocycles. The Labute approximate surface area is 305 Å². The van der Waals surface area contributed by atoms with E-state index in [4.69, 9.17) is 8.83 Å². The third-order valence-corrected chi connectivity index (χ3v) is 12.1. The van der Waals surface area contributed by atoms with Crippen molar-refractivity contribution in [2.24, 2.45) is 0 Å². The summed E-state index contributed by atoms with van der Waals surface area (Å²) in [7, 11) is 0. The zero-order valence-corrected chi connectivity index (χ0v) is 29.3. The number of benzene rings is 9. The standard InChI is InChI=1S/C51H32O2/c1-51(2)44-13-7-5-11-35(44)41-26-30(16-22-45(41)51)32-18-24-48-43(28-32)42-27-31(17-23-47(42)52-48)29-15-19-38-40(25-29)34-10-4-3-9-33(34)37-20-21-39-36-12-6-8-14-46(36)53-50(39)49(37)38/h3-28H,1-2H3. The number of para-hydroxylation sites is 1. The molecule has 53 heavy (non-hydrogen) atoms. The Balaban J connectivity index is 1.03. The molecular formula is C51H32O2. The molecule has 2 heterocycles. The van der Waals surface area contributed by atoms with Crippen molar-refractivity contribution in [3.8, 4) is 33.4 Å². The Bertz CT molecular complexity index is 3370. The van der Waals surface area contributed by atoms with Crippen LogP contribution in [-0.4, -0.2) is 0 Å². The molecule has 1 aliphatic carbocycles. The van der Waals surface area contributed by atoms with Crippen LogP contribution in [0.25, 0.3) is 110 Å². The monoisotopic (exact) mass is 676 g/mol. The van der Waals surface area contributed by atoms with Crippen molar-refractivity contribution in [3.05, 3.63) is 169 Å². The zero-order chi connectivity index (χ0) is 35.0. The molecule has 0 bridgehead atoms. The highest BCUT2D eigenvalue weighted by atomic mass is 16.3. The molecule has 11 aromatic rings. The highest BCUT2D eigenvalue weighted by Crippen LogP contribution is 2.50. The van der Waals surface area contributed by atoms with Gasteiger partial charge in [-0.05, 0) is 120 Å². The van der Waals surface area contributed by atoms with E-state index in [1.165, 1.54) is 71.3 Å². The lowest BCUT2D eigenvalue weighted by Crippen LogP contribution is -2.14. The fourth-order valence-corrected chi connectivity index (χ4v) is 9.43. The van der Waals surface area contributed by atoms with Gasteiger partial charge in [-0.2, -0.15) is 0 Å². The third-order valence-electron chi connectivity index (χ3n) is 12.1. The van der Waals surface area contributed by atoms with Crippen LogP contribution in [0, 0.1) is 0 Å². The third kappa shape index (κ3) is 3.93. The van der Waals surface area contributed by atoms with Gasteiger partial charge < -0.3 is 8.83 Å². The lowest BCUT2D eigenvalue weighted by molar-refractivity contribution is 0.660. The van der Waals surface area contributed by atoms with E-state index in [0.717, 1.165) is 49.4 Å². The molecular weight excluding hydrogens is 645 g/mol. The second-order valence-electron chi connectivity index (χ2n) is 15.2. The maximum Gasteiger partial charge on any atom is 0.143 e. The minimum absolute atomic E-state index is 0.00656. The summed E-state index contributed by atoms with van der Waals surface area (Å²) in [5.74, 6) is 0. The zero-order valence-electron chi connectivity index (χ0n) is 29.3.